The van der Waals surface area contributed by atoms with E-state index in [-0.39, 0.29) is 0 Å². The van der Waals surface area contributed by atoms with Gasteiger partial charge in [0.25, 0.3) is 0 Å². The van der Waals surface area contributed by atoms with Crippen molar-refractivity contribution in [2.45, 2.75) is 9.79 Å². The van der Waals surface area contributed by atoms with Gasteiger partial charge in [-0.2, -0.15) is 0 Å². The van der Waals surface area contributed by atoms with E-state index in [4.69, 9.17) is 11.6 Å². The highest BCUT2D eigenvalue weighted by molar-refractivity contribution is 7.99. The standard InChI is InChI=1S/C15H16ClNO2S2/c1-21(18,19)15-8-6-14(7-9-15)20-11-10-17-13-4-2-12(16)3-5-13/h2-9,17H,10-11H2,1H3. The highest BCUT2D eigenvalue weighted by Gasteiger charge is 2.05. The molecule has 0 bridgehead atoms. The Hall–Kier alpha value is -1.17. The Bertz CT molecular complexity index is 683. The zero-order valence-electron chi connectivity index (χ0n) is 11.5. The van der Waals surface area contributed by atoms with Crippen LogP contribution in [0.2, 0.25) is 5.02 Å². The van der Waals surface area contributed by atoms with Gasteiger partial charge in [0.05, 0.1) is 4.90 Å². The second-order valence-electron chi connectivity index (χ2n) is 4.53. The van der Waals surface area contributed by atoms with Crippen LogP contribution in [0.5, 0.6) is 0 Å². The zero-order chi connectivity index (χ0) is 15.3. The Kier molecular flexibility index (Phi) is 5.56. The van der Waals surface area contributed by atoms with Crippen molar-refractivity contribution in [2.24, 2.45) is 0 Å². The Balaban J connectivity index is 1.80. The lowest BCUT2D eigenvalue weighted by molar-refractivity contribution is 0.602. The van der Waals surface area contributed by atoms with Crippen molar-refractivity contribution in [1.82, 2.24) is 0 Å². The van der Waals surface area contributed by atoms with Gasteiger partial charge in [0.1, 0.15) is 0 Å². The molecule has 0 aliphatic heterocycles. The minimum atomic E-state index is -3.12. The normalized spacial score (nSPS) is 11.3. The third kappa shape index (κ3) is 5.26. The fourth-order valence-corrected chi connectivity index (χ4v) is 3.24. The highest BCUT2D eigenvalue weighted by Crippen LogP contribution is 2.20. The van der Waals surface area contributed by atoms with E-state index < -0.39 is 9.84 Å². The summed E-state index contributed by atoms with van der Waals surface area (Å²) in [7, 11) is -3.12. The summed E-state index contributed by atoms with van der Waals surface area (Å²) in [5, 5.41) is 4.03. The molecular formula is C15H16ClNO2S2. The van der Waals surface area contributed by atoms with Crippen LogP contribution >= 0.6 is 23.4 Å². The second-order valence-corrected chi connectivity index (χ2v) is 8.15. The molecule has 112 valence electrons. The van der Waals surface area contributed by atoms with Crippen LogP contribution in [-0.4, -0.2) is 27.0 Å². The van der Waals surface area contributed by atoms with Crippen LogP contribution in [0.1, 0.15) is 0 Å². The average molecular weight is 342 g/mol. The topological polar surface area (TPSA) is 46.2 Å². The molecule has 3 nitrogen and oxygen atoms in total. The summed E-state index contributed by atoms with van der Waals surface area (Å²) in [6.07, 6.45) is 1.21. The van der Waals surface area contributed by atoms with Crippen LogP contribution in [0, 0.1) is 0 Å². The Morgan fingerprint density at radius 1 is 1.05 bits per heavy atom. The van der Waals surface area contributed by atoms with Gasteiger partial charge >= 0.3 is 0 Å². The number of halogens is 1. The SMILES string of the molecule is CS(=O)(=O)c1ccc(SCCNc2ccc(Cl)cc2)cc1. The zero-order valence-corrected chi connectivity index (χ0v) is 13.9. The molecule has 0 aliphatic rings. The second kappa shape index (κ2) is 7.20. The van der Waals surface area contributed by atoms with E-state index >= 15 is 0 Å². The van der Waals surface area contributed by atoms with Crippen molar-refractivity contribution in [2.75, 3.05) is 23.9 Å². The van der Waals surface area contributed by atoms with E-state index in [1.165, 1.54) is 6.26 Å². The van der Waals surface area contributed by atoms with Gasteiger partial charge in [-0.25, -0.2) is 8.42 Å². The summed E-state index contributed by atoms with van der Waals surface area (Å²) in [6.45, 7) is 0.820. The molecule has 0 amide bonds. The van der Waals surface area contributed by atoms with Crippen molar-refractivity contribution in [1.29, 1.82) is 0 Å². The first-order valence-corrected chi connectivity index (χ1v) is 9.63. The van der Waals surface area contributed by atoms with Gasteiger partial charge in [0, 0.05) is 34.2 Å². The molecule has 0 aromatic heterocycles. The molecule has 0 saturated carbocycles. The van der Waals surface area contributed by atoms with Crippen LogP contribution < -0.4 is 5.32 Å². The van der Waals surface area contributed by atoms with Gasteiger partial charge in [0.2, 0.25) is 0 Å². The molecule has 0 fully saturated rings. The van der Waals surface area contributed by atoms with Crippen LogP contribution in [0.4, 0.5) is 5.69 Å². The minimum Gasteiger partial charge on any atom is -0.384 e. The molecule has 2 aromatic carbocycles. The van der Waals surface area contributed by atoms with E-state index in [9.17, 15) is 8.42 Å². The smallest absolute Gasteiger partial charge is 0.175 e. The lowest BCUT2D eigenvalue weighted by atomic mass is 10.3. The highest BCUT2D eigenvalue weighted by atomic mass is 35.5. The predicted octanol–water partition coefficient (Wildman–Crippen LogP) is 3.95. The monoisotopic (exact) mass is 341 g/mol. The molecule has 0 radical (unpaired) electrons. The fraction of sp³-hybridized carbons (Fsp3) is 0.200. The number of hydrogen-bond donors (Lipinski definition) is 1. The van der Waals surface area contributed by atoms with Gasteiger partial charge in [-0.3, -0.25) is 0 Å². The maximum Gasteiger partial charge on any atom is 0.175 e. The van der Waals surface area contributed by atoms with Gasteiger partial charge in [-0.05, 0) is 48.5 Å². The number of sulfone groups is 1. The quantitative estimate of drug-likeness (QED) is 0.638. The van der Waals surface area contributed by atoms with Crippen molar-refractivity contribution in [3.63, 3.8) is 0 Å². The molecule has 21 heavy (non-hydrogen) atoms. The minimum absolute atomic E-state index is 0.353. The summed E-state index contributed by atoms with van der Waals surface area (Å²) in [5.74, 6) is 0.890. The van der Waals surface area contributed by atoms with Crippen molar-refractivity contribution < 1.29 is 8.42 Å². The summed E-state index contributed by atoms with van der Waals surface area (Å²) >= 11 is 7.50. The summed E-state index contributed by atoms with van der Waals surface area (Å²) < 4.78 is 22.7. The average Bonchev–Trinajstić information content (AvgIpc) is 2.45. The fourth-order valence-electron chi connectivity index (χ4n) is 1.72. The van der Waals surface area contributed by atoms with Crippen molar-refractivity contribution >= 4 is 38.9 Å². The summed E-state index contributed by atoms with van der Waals surface area (Å²) in [4.78, 5) is 1.41. The van der Waals surface area contributed by atoms with Gasteiger partial charge < -0.3 is 5.32 Å². The number of anilines is 1. The first kappa shape index (κ1) is 16.2. The molecule has 0 heterocycles. The maximum absolute atomic E-state index is 11.4. The van der Waals surface area contributed by atoms with E-state index in [1.54, 1.807) is 23.9 Å². The molecule has 2 aromatic rings. The molecule has 0 spiro atoms. The van der Waals surface area contributed by atoms with Crippen LogP contribution in [0.3, 0.4) is 0 Å². The van der Waals surface area contributed by atoms with Gasteiger partial charge in [-0.15, -0.1) is 11.8 Å². The predicted molar refractivity (Wildman–Crippen MR) is 90.2 cm³/mol. The maximum atomic E-state index is 11.4. The van der Waals surface area contributed by atoms with Crippen LogP contribution in [0.15, 0.2) is 58.3 Å². The van der Waals surface area contributed by atoms with Crippen LogP contribution in [0.25, 0.3) is 0 Å². The third-order valence-corrected chi connectivity index (χ3v) is 5.19. The first-order chi connectivity index (χ1) is 9.95. The van der Waals surface area contributed by atoms with Crippen molar-refractivity contribution in [3.05, 3.63) is 53.6 Å². The number of thioether (sulfide) groups is 1. The van der Waals surface area contributed by atoms with E-state index in [1.807, 2.05) is 36.4 Å². The van der Waals surface area contributed by atoms with Crippen molar-refractivity contribution in [3.8, 4) is 0 Å². The number of hydrogen-bond acceptors (Lipinski definition) is 4. The third-order valence-electron chi connectivity index (χ3n) is 2.80. The number of rotatable bonds is 6. The van der Waals surface area contributed by atoms with E-state index in [0.29, 0.717) is 4.90 Å². The Labute approximate surface area is 134 Å². The Morgan fingerprint density at radius 2 is 1.67 bits per heavy atom. The molecule has 0 saturated heterocycles. The molecule has 0 atom stereocenters. The number of nitrogens with one attached hydrogen (secondary N) is 1. The van der Waals surface area contributed by atoms with Gasteiger partial charge in [0.15, 0.2) is 9.84 Å². The molecule has 2 rings (SSSR count). The lowest BCUT2D eigenvalue weighted by Gasteiger charge is -2.06. The molecule has 1 N–H and O–H groups in total. The molecule has 0 unspecified atom stereocenters. The van der Waals surface area contributed by atoms with Gasteiger partial charge in [-0.1, -0.05) is 11.6 Å². The lowest BCUT2D eigenvalue weighted by Crippen LogP contribution is -2.03. The van der Waals surface area contributed by atoms with E-state index in [0.717, 1.165) is 27.9 Å². The molecule has 6 heteroatoms. The first-order valence-electron chi connectivity index (χ1n) is 6.37. The van der Waals surface area contributed by atoms with Crippen LogP contribution in [-0.2, 0) is 9.84 Å². The summed E-state index contributed by atoms with van der Waals surface area (Å²) in [6, 6.07) is 14.5. The molecule has 0 aliphatic carbocycles. The van der Waals surface area contributed by atoms with E-state index in [2.05, 4.69) is 5.32 Å². The Morgan fingerprint density at radius 3 is 2.24 bits per heavy atom. The largest absolute Gasteiger partial charge is 0.384 e. The molecular weight excluding hydrogens is 326 g/mol. The summed E-state index contributed by atoms with van der Waals surface area (Å²) in [5.41, 5.74) is 1.03. The number of benzene rings is 2.